The molecule has 3 rings (SSSR count). The van der Waals surface area contributed by atoms with Crippen LogP contribution in [-0.4, -0.2) is 83.8 Å². The van der Waals surface area contributed by atoms with Crippen LogP contribution < -0.4 is 4.74 Å². The minimum Gasteiger partial charge on any atom is -0.472 e. The third kappa shape index (κ3) is 6.28. The number of ether oxygens (including phenoxy) is 2. The molecule has 8 heteroatoms. The monoisotopic (exact) mass is 471 g/mol. The van der Waals surface area contributed by atoms with E-state index in [1.807, 2.05) is 13.8 Å². The fraction of sp³-hybridized carbons (Fsp3) is 0.654. The van der Waals surface area contributed by atoms with Crippen LogP contribution in [0.2, 0.25) is 0 Å². The Morgan fingerprint density at radius 1 is 1.38 bits per heavy atom. The molecule has 1 N–H and O–H groups in total. The molecule has 1 aromatic rings. The molecule has 1 saturated heterocycles. The number of hydrogen-bond acceptors (Lipinski definition) is 6. The lowest BCUT2D eigenvalue weighted by molar-refractivity contribution is -0.138. The number of carbonyl (C=O) groups excluding carboxylic acids is 2. The number of unbranched alkanes of at least 4 members (excludes halogenated alkanes) is 1. The average Bonchev–Trinajstić information content (AvgIpc) is 2.86. The highest BCUT2D eigenvalue weighted by molar-refractivity contribution is 5.97. The van der Waals surface area contributed by atoms with E-state index in [2.05, 4.69) is 23.7 Å². The molecular weight excluding hydrogens is 434 g/mol. The van der Waals surface area contributed by atoms with Gasteiger partial charge in [0, 0.05) is 56.8 Å². The van der Waals surface area contributed by atoms with Gasteiger partial charge in [0.15, 0.2) is 0 Å². The van der Waals surface area contributed by atoms with Crippen LogP contribution in [0.15, 0.2) is 12.3 Å². The Balaban J connectivity index is 1.88. The molecule has 2 amide bonds. The maximum Gasteiger partial charge on any atom is 0.259 e. The molecule has 0 unspecified atom stereocenters. The first-order valence-electron chi connectivity index (χ1n) is 12.3. The fourth-order valence-electron chi connectivity index (χ4n) is 4.29. The van der Waals surface area contributed by atoms with Gasteiger partial charge in [0.2, 0.25) is 11.8 Å². The summed E-state index contributed by atoms with van der Waals surface area (Å²) in [6.45, 7) is 7.73. The van der Waals surface area contributed by atoms with Crippen molar-refractivity contribution in [2.24, 2.45) is 11.8 Å². The van der Waals surface area contributed by atoms with E-state index < -0.39 is 0 Å². The fourth-order valence-corrected chi connectivity index (χ4v) is 4.29. The standard InChI is InChI=1S/C26H37N3O5/c1-5-6-7-8-20-13-22-24(27-14-20)34-23(18(2)15-29(26(22)32)19(3)17-30)16-28(4)25(31)21-9-11-33-12-10-21/h13-14,18-19,21,23,30H,5-6,9-12,15-17H2,1-4H3/t18-,19-,23+/m0/s1. The molecule has 34 heavy (non-hydrogen) atoms. The number of fused-ring (bicyclic) bond motifs is 1. The lowest BCUT2D eigenvalue weighted by Gasteiger charge is -2.38. The molecule has 3 heterocycles. The van der Waals surface area contributed by atoms with Crippen LogP contribution >= 0.6 is 0 Å². The summed E-state index contributed by atoms with van der Waals surface area (Å²) < 4.78 is 11.7. The Hall–Kier alpha value is -2.63. The number of pyridine rings is 1. The normalized spacial score (nSPS) is 21.9. The van der Waals surface area contributed by atoms with Gasteiger partial charge < -0.3 is 24.4 Å². The second-order valence-corrected chi connectivity index (χ2v) is 9.36. The second kappa shape index (κ2) is 12.2. The summed E-state index contributed by atoms with van der Waals surface area (Å²) >= 11 is 0. The van der Waals surface area contributed by atoms with Crippen molar-refractivity contribution in [1.29, 1.82) is 0 Å². The van der Waals surface area contributed by atoms with E-state index in [1.54, 1.807) is 29.1 Å². The summed E-state index contributed by atoms with van der Waals surface area (Å²) in [4.78, 5) is 34.3. The molecule has 0 aromatic carbocycles. The van der Waals surface area contributed by atoms with Crippen LogP contribution in [0.3, 0.4) is 0 Å². The second-order valence-electron chi connectivity index (χ2n) is 9.36. The summed E-state index contributed by atoms with van der Waals surface area (Å²) in [5.74, 6) is 6.12. The van der Waals surface area contributed by atoms with E-state index in [4.69, 9.17) is 9.47 Å². The maximum atomic E-state index is 13.4. The Labute approximate surface area is 202 Å². The summed E-state index contributed by atoms with van der Waals surface area (Å²) in [6, 6.07) is 1.35. The summed E-state index contributed by atoms with van der Waals surface area (Å²) in [6.07, 6.45) is 4.43. The van der Waals surface area contributed by atoms with E-state index in [-0.39, 0.29) is 48.3 Å². The molecule has 2 aliphatic heterocycles. The number of rotatable bonds is 6. The Bertz CT molecular complexity index is 919. The van der Waals surface area contributed by atoms with Crippen LogP contribution in [0, 0.1) is 23.7 Å². The van der Waals surface area contributed by atoms with E-state index in [1.165, 1.54) is 0 Å². The molecule has 2 aliphatic rings. The zero-order valence-corrected chi connectivity index (χ0v) is 20.7. The number of amides is 2. The number of nitrogens with zero attached hydrogens (tertiary/aromatic N) is 3. The number of likely N-dealkylation sites (N-methyl/N-ethyl adjacent to an activating group) is 1. The predicted octanol–water partition coefficient (Wildman–Crippen LogP) is 2.34. The zero-order valence-electron chi connectivity index (χ0n) is 20.7. The van der Waals surface area contributed by atoms with Crippen molar-refractivity contribution in [2.45, 2.75) is 58.6 Å². The molecule has 0 saturated carbocycles. The van der Waals surface area contributed by atoms with Gasteiger partial charge in [-0.15, -0.1) is 0 Å². The lowest BCUT2D eigenvalue weighted by atomic mass is 9.97. The van der Waals surface area contributed by atoms with Crippen molar-refractivity contribution >= 4 is 11.8 Å². The van der Waals surface area contributed by atoms with Gasteiger partial charge in [-0.05, 0) is 32.3 Å². The molecule has 0 radical (unpaired) electrons. The Morgan fingerprint density at radius 2 is 2.12 bits per heavy atom. The highest BCUT2D eigenvalue weighted by atomic mass is 16.5. The molecule has 186 valence electrons. The Kier molecular flexibility index (Phi) is 9.31. The van der Waals surface area contributed by atoms with E-state index in [9.17, 15) is 14.7 Å². The molecule has 8 nitrogen and oxygen atoms in total. The highest BCUT2D eigenvalue weighted by Crippen LogP contribution is 2.28. The molecule has 0 aliphatic carbocycles. The van der Waals surface area contributed by atoms with Gasteiger partial charge in [0.1, 0.15) is 11.7 Å². The van der Waals surface area contributed by atoms with Crippen LogP contribution in [0.1, 0.15) is 62.4 Å². The van der Waals surface area contributed by atoms with Crippen molar-refractivity contribution in [2.75, 3.05) is 40.0 Å². The first-order chi connectivity index (χ1) is 16.3. The first-order valence-corrected chi connectivity index (χ1v) is 12.3. The highest BCUT2D eigenvalue weighted by Gasteiger charge is 2.35. The third-order valence-electron chi connectivity index (χ3n) is 6.53. The van der Waals surface area contributed by atoms with Crippen molar-refractivity contribution in [3.63, 3.8) is 0 Å². The van der Waals surface area contributed by atoms with Crippen molar-refractivity contribution < 1.29 is 24.2 Å². The Morgan fingerprint density at radius 3 is 2.79 bits per heavy atom. The van der Waals surface area contributed by atoms with Crippen molar-refractivity contribution in [3.8, 4) is 17.7 Å². The van der Waals surface area contributed by atoms with Crippen molar-refractivity contribution in [3.05, 3.63) is 23.4 Å². The van der Waals surface area contributed by atoms with Crippen molar-refractivity contribution in [1.82, 2.24) is 14.8 Å². The molecule has 0 spiro atoms. The van der Waals surface area contributed by atoms with Gasteiger partial charge in [-0.3, -0.25) is 9.59 Å². The minimum absolute atomic E-state index is 0.0373. The van der Waals surface area contributed by atoms with Gasteiger partial charge in [-0.25, -0.2) is 4.98 Å². The average molecular weight is 472 g/mol. The summed E-state index contributed by atoms with van der Waals surface area (Å²) in [7, 11) is 1.80. The lowest BCUT2D eigenvalue weighted by Crippen LogP contribution is -2.51. The quantitative estimate of drug-likeness (QED) is 0.641. The van der Waals surface area contributed by atoms with Gasteiger partial charge >= 0.3 is 0 Å². The van der Waals surface area contributed by atoms with E-state index in [0.717, 1.165) is 25.7 Å². The molecule has 1 fully saturated rings. The van der Waals surface area contributed by atoms with Gasteiger partial charge in [0.25, 0.3) is 5.91 Å². The number of aromatic nitrogens is 1. The summed E-state index contributed by atoms with van der Waals surface area (Å²) in [5.41, 5.74) is 0.983. The van der Waals surface area contributed by atoms with E-state index >= 15 is 0 Å². The SMILES string of the molecule is CCCC#Cc1cnc2c(c1)C(=O)N([C@@H](C)CO)C[C@H](C)[C@@H](CN(C)C(=O)C1CCOCC1)O2. The van der Waals surface area contributed by atoms with Crippen LogP contribution in [0.25, 0.3) is 0 Å². The summed E-state index contributed by atoms with van der Waals surface area (Å²) in [5, 5.41) is 9.80. The van der Waals surface area contributed by atoms with Crippen LogP contribution in [0.4, 0.5) is 0 Å². The van der Waals surface area contributed by atoms with Crippen LogP contribution in [-0.2, 0) is 9.53 Å². The number of aliphatic hydroxyl groups is 1. The largest absolute Gasteiger partial charge is 0.472 e. The zero-order chi connectivity index (χ0) is 24.7. The van der Waals surface area contributed by atoms with Gasteiger partial charge in [-0.2, -0.15) is 0 Å². The van der Waals surface area contributed by atoms with E-state index in [0.29, 0.717) is 37.4 Å². The number of aliphatic hydroxyl groups excluding tert-OH is 1. The van der Waals surface area contributed by atoms with Crippen LogP contribution in [0.5, 0.6) is 5.88 Å². The molecular formula is C26H37N3O5. The maximum absolute atomic E-state index is 13.4. The predicted molar refractivity (Wildman–Crippen MR) is 128 cm³/mol. The topological polar surface area (TPSA) is 92.2 Å². The number of hydrogen-bond donors (Lipinski definition) is 1. The molecule has 3 atom stereocenters. The van der Waals surface area contributed by atoms with Gasteiger partial charge in [0.05, 0.1) is 19.2 Å². The van der Waals surface area contributed by atoms with Gasteiger partial charge in [-0.1, -0.05) is 25.7 Å². The minimum atomic E-state index is -0.363. The smallest absolute Gasteiger partial charge is 0.259 e. The first kappa shape index (κ1) is 26.0. The molecule has 1 aromatic heterocycles. The number of carbonyl (C=O) groups is 2. The molecule has 0 bridgehead atoms. The third-order valence-corrected chi connectivity index (χ3v) is 6.53.